The van der Waals surface area contributed by atoms with Gasteiger partial charge in [0.05, 0.1) is 0 Å². The molecule has 1 aromatic carbocycles. The van der Waals surface area contributed by atoms with Crippen LogP contribution in [0.5, 0.6) is 0 Å². The van der Waals surface area contributed by atoms with E-state index in [0.29, 0.717) is 12.1 Å². The fourth-order valence-electron chi connectivity index (χ4n) is 3.05. The van der Waals surface area contributed by atoms with Gasteiger partial charge in [-0.25, -0.2) is 0 Å². The Morgan fingerprint density at radius 1 is 1.33 bits per heavy atom. The number of guanidine groups is 1. The summed E-state index contributed by atoms with van der Waals surface area (Å²) in [5.74, 6) is 2.12. The lowest BCUT2D eigenvalue weighted by Gasteiger charge is -2.21. The zero-order valence-electron chi connectivity index (χ0n) is 15.0. The summed E-state index contributed by atoms with van der Waals surface area (Å²) < 4.78 is 0. The van der Waals surface area contributed by atoms with E-state index in [9.17, 15) is 0 Å². The van der Waals surface area contributed by atoms with Crippen molar-refractivity contribution in [3.63, 3.8) is 0 Å². The van der Waals surface area contributed by atoms with Crippen LogP contribution in [0.2, 0.25) is 0 Å². The van der Waals surface area contributed by atoms with Gasteiger partial charge in [-0.3, -0.25) is 9.89 Å². The minimum absolute atomic E-state index is 0. The van der Waals surface area contributed by atoms with Gasteiger partial charge in [-0.2, -0.15) is 11.8 Å². The molecule has 2 N–H and O–H groups in total. The molecule has 6 heteroatoms. The second-order valence-electron chi connectivity index (χ2n) is 6.19. The molecule has 0 amide bonds. The first-order valence-corrected chi connectivity index (χ1v) is 9.86. The number of likely N-dealkylation sites (tertiary alicyclic amines) is 1. The van der Waals surface area contributed by atoms with Crippen molar-refractivity contribution in [2.75, 3.05) is 32.1 Å². The summed E-state index contributed by atoms with van der Waals surface area (Å²) in [7, 11) is 1.85. The number of rotatable bonds is 7. The van der Waals surface area contributed by atoms with Crippen LogP contribution in [0.25, 0.3) is 0 Å². The predicted octanol–water partition coefficient (Wildman–Crippen LogP) is 3.19. The smallest absolute Gasteiger partial charge is 0.191 e. The maximum Gasteiger partial charge on any atom is 0.191 e. The standard InChI is InChI=1S/C18H30N4S.HI/c1-15-12-17(21-18(19-2)20-10-7-11-23-3)14-22(15)13-16-8-5-4-6-9-16;/h4-6,8-9,15,17H,7,10-14H2,1-3H3,(H2,19,20,21);1H. The van der Waals surface area contributed by atoms with E-state index in [0.717, 1.165) is 25.6 Å². The van der Waals surface area contributed by atoms with Gasteiger partial charge in [0.1, 0.15) is 0 Å². The van der Waals surface area contributed by atoms with Crippen molar-refractivity contribution < 1.29 is 0 Å². The zero-order valence-corrected chi connectivity index (χ0v) is 18.1. The molecule has 1 saturated heterocycles. The van der Waals surface area contributed by atoms with E-state index < -0.39 is 0 Å². The van der Waals surface area contributed by atoms with E-state index in [1.807, 2.05) is 18.8 Å². The topological polar surface area (TPSA) is 39.7 Å². The molecule has 0 radical (unpaired) electrons. The van der Waals surface area contributed by atoms with Crippen LogP contribution >= 0.6 is 35.7 Å². The molecule has 0 aromatic heterocycles. The quantitative estimate of drug-likeness (QED) is 0.283. The van der Waals surface area contributed by atoms with Crippen LogP contribution in [-0.4, -0.2) is 55.1 Å². The number of halogens is 1. The first kappa shape index (κ1) is 21.6. The lowest BCUT2D eigenvalue weighted by Crippen LogP contribution is -2.44. The van der Waals surface area contributed by atoms with E-state index in [1.165, 1.54) is 24.2 Å². The van der Waals surface area contributed by atoms with E-state index in [1.54, 1.807) is 0 Å². The molecular formula is C18H31IN4S. The average molecular weight is 462 g/mol. The van der Waals surface area contributed by atoms with Gasteiger partial charge in [0.15, 0.2) is 5.96 Å². The Bertz CT molecular complexity index is 483. The molecule has 2 atom stereocenters. The molecule has 4 nitrogen and oxygen atoms in total. The summed E-state index contributed by atoms with van der Waals surface area (Å²) in [6.07, 6.45) is 4.48. The third kappa shape index (κ3) is 7.19. The highest BCUT2D eigenvalue weighted by Gasteiger charge is 2.29. The van der Waals surface area contributed by atoms with Gasteiger partial charge < -0.3 is 10.6 Å². The van der Waals surface area contributed by atoms with Crippen molar-refractivity contribution in [1.82, 2.24) is 15.5 Å². The van der Waals surface area contributed by atoms with Crippen molar-refractivity contribution >= 4 is 41.7 Å². The lowest BCUT2D eigenvalue weighted by molar-refractivity contribution is 0.258. The second kappa shape index (κ2) is 12.0. The molecule has 1 heterocycles. The van der Waals surface area contributed by atoms with Crippen molar-refractivity contribution in [1.29, 1.82) is 0 Å². The Morgan fingerprint density at radius 3 is 2.75 bits per heavy atom. The van der Waals surface area contributed by atoms with E-state index in [2.05, 4.69) is 64.0 Å². The predicted molar refractivity (Wildman–Crippen MR) is 118 cm³/mol. The van der Waals surface area contributed by atoms with Gasteiger partial charge in [0, 0.05) is 38.8 Å². The lowest BCUT2D eigenvalue weighted by atomic mass is 10.2. The number of aliphatic imine (C=N–C) groups is 1. The van der Waals surface area contributed by atoms with Crippen LogP contribution < -0.4 is 10.6 Å². The molecule has 0 bridgehead atoms. The summed E-state index contributed by atoms with van der Waals surface area (Å²) in [5, 5.41) is 7.00. The summed E-state index contributed by atoms with van der Waals surface area (Å²) in [5.41, 5.74) is 1.39. The molecule has 24 heavy (non-hydrogen) atoms. The van der Waals surface area contributed by atoms with Gasteiger partial charge in [-0.05, 0) is 37.3 Å². The minimum atomic E-state index is 0. The van der Waals surface area contributed by atoms with Gasteiger partial charge in [0.2, 0.25) is 0 Å². The SMILES string of the molecule is CN=C(NCCCSC)NC1CC(C)N(Cc2ccccc2)C1.I. The Labute approximate surface area is 168 Å². The van der Waals surface area contributed by atoms with Crippen LogP contribution in [-0.2, 0) is 6.54 Å². The molecule has 0 aliphatic carbocycles. The molecule has 2 unspecified atom stereocenters. The van der Waals surface area contributed by atoms with Crippen molar-refractivity contribution in [2.24, 2.45) is 4.99 Å². The van der Waals surface area contributed by atoms with Gasteiger partial charge in [-0.15, -0.1) is 24.0 Å². The average Bonchev–Trinajstić information content (AvgIpc) is 2.91. The minimum Gasteiger partial charge on any atom is -0.356 e. The number of benzene rings is 1. The molecule has 1 fully saturated rings. The molecule has 2 rings (SSSR count). The summed E-state index contributed by atoms with van der Waals surface area (Å²) in [4.78, 5) is 6.90. The highest BCUT2D eigenvalue weighted by Crippen LogP contribution is 2.20. The highest BCUT2D eigenvalue weighted by atomic mass is 127. The fraction of sp³-hybridized carbons (Fsp3) is 0.611. The molecule has 1 aromatic rings. The maximum absolute atomic E-state index is 4.35. The van der Waals surface area contributed by atoms with E-state index in [-0.39, 0.29) is 24.0 Å². The maximum atomic E-state index is 4.35. The number of thioether (sulfide) groups is 1. The number of nitrogens with zero attached hydrogens (tertiary/aromatic N) is 2. The van der Waals surface area contributed by atoms with Gasteiger partial charge in [0.25, 0.3) is 0 Å². The third-order valence-corrected chi connectivity index (χ3v) is 5.01. The Balaban J connectivity index is 0.00000288. The number of nitrogens with one attached hydrogen (secondary N) is 2. The van der Waals surface area contributed by atoms with Crippen LogP contribution in [0.4, 0.5) is 0 Å². The largest absolute Gasteiger partial charge is 0.356 e. The summed E-state index contributed by atoms with van der Waals surface area (Å²) in [6, 6.07) is 11.8. The van der Waals surface area contributed by atoms with Crippen LogP contribution in [0, 0.1) is 0 Å². The summed E-state index contributed by atoms with van der Waals surface area (Å²) in [6.45, 7) is 5.40. The van der Waals surface area contributed by atoms with Gasteiger partial charge >= 0.3 is 0 Å². The highest BCUT2D eigenvalue weighted by molar-refractivity contribution is 14.0. The zero-order chi connectivity index (χ0) is 16.5. The molecule has 1 aliphatic heterocycles. The van der Waals surface area contributed by atoms with Crippen molar-refractivity contribution in [2.45, 2.75) is 38.4 Å². The Kier molecular flexibility index (Phi) is 10.8. The second-order valence-corrected chi connectivity index (χ2v) is 7.17. The number of hydrogen-bond donors (Lipinski definition) is 2. The molecule has 0 spiro atoms. The van der Waals surface area contributed by atoms with Crippen molar-refractivity contribution in [3.05, 3.63) is 35.9 Å². The third-order valence-electron chi connectivity index (χ3n) is 4.31. The normalized spacial score (nSPS) is 21.4. The van der Waals surface area contributed by atoms with Crippen LogP contribution in [0.15, 0.2) is 35.3 Å². The Hall–Kier alpha value is -0.470. The fourth-order valence-corrected chi connectivity index (χ4v) is 3.49. The number of hydrogen-bond acceptors (Lipinski definition) is 3. The van der Waals surface area contributed by atoms with Crippen LogP contribution in [0.3, 0.4) is 0 Å². The van der Waals surface area contributed by atoms with Crippen molar-refractivity contribution in [3.8, 4) is 0 Å². The van der Waals surface area contributed by atoms with Crippen LogP contribution in [0.1, 0.15) is 25.3 Å². The molecule has 136 valence electrons. The van der Waals surface area contributed by atoms with Gasteiger partial charge in [-0.1, -0.05) is 30.3 Å². The van der Waals surface area contributed by atoms with E-state index in [4.69, 9.17) is 0 Å². The molecular weight excluding hydrogens is 431 g/mol. The van der Waals surface area contributed by atoms with E-state index >= 15 is 0 Å². The first-order valence-electron chi connectivity index (χ1n) is 8.47. The first-order chi connectivity index (χ1) is 11.2. The molecule has 0 saturated carbocycles. The summed E-state index contributed by atoms with van der Waals surface area (Å²) >= 11 is 1.89. The monoisotopic (exact) mass is 462 g/mol. The Morgan fingerprint density at radius 2 is 2.08 bits per heavy atom. The molecule has 1 aliphatic rings.